The van der Waals surface area contributed by atoms with Crippen molar-refractivity contribution in [3.63, 3.8) is 0 Å². The van der Waals surface area contributed by atoms with E-state index in [-0.39, 0.29) is 5.91 Å². The summed E-state index contributed by atoms with van der Waals surface area (Å²) in [4.78, 5) is 12.4. The van der Waals surface area contributed by atoms with Crippen LogP contribution in [0.15, 0.2) is 42.5 Å². The quantitative estimate of drug-likeness (QED) is 0.824. The van der Waals surface area contributed by atoms with Gasteiger partial charge in [0.1, 0.15) is 5.75 Å². The van der Waals surface area contributed by atoms with Crippen molar-refractivity contribution < 1.29 is 9.53 Å². The normalized spacial score (nSPS) is 11.8. The molecule has 116 valence electrons. The van der Waals surface area contributed by atoms with Crippen molar-refractivity contribution in [3.05, 3.63) is 58.1 Å². The third-order valence-corrected chi connectivity index (χ3v) is 4.02. The van der Waals surface area contributed by atoms with Gasteiger partial charge in [0, 0.05) is 10.7 Å². The van der Waals surface area contributed by atoms with E-state index >= 15 is 0 Å². The van der Waals surface area contributed by atoms with Crippen LogP contribution in [0.25, 0.3) is 0 Å². The van der Waals surface area contributed by atoms with Gasteiger partial charge in [-0.1, -0.05) is 48.3 Å². The molecule has 2 aromatic carbocycles. The van der Waals surface area contributed by atoms with E-state index in [1.54, 1.807) is 30.3 Å². The second-order valence-electron chi connectivity index (χ2n) is 4.85. The molecule has 1 atom stereocenters. The smallest absolute Gasteiger partial charge is 0.265 e. The standard InChI is InChI=1S/C17H17Cl2NO2/c1-3-15(22-16-10-5-4-7-13(16)19)17(21)20-14-9-6-8-12(18)11(14)2/h4-10,15H,3H2,1-2H3,(H,20,21). The molecule has 2 aromatic rings. The second-order valence-corrected chi connectivity index (χ2v) is 5.66. The first-order valence-corrected chi connectivity index (χ1v) is 7.75. The molecule has 0 aromatic heterocycles. The van der Waals surface area contributed by atoms with Crippen LogP contribution < -0.4 is 10.1 Å². The molecule has 0 saturated heterocycles. The summed E-state index contributed by atoms with van der Waals surface area (Å²) in [5.74, 6) is 0.266. The summed E-state index contributed by atoms with van der Waals surface area (Å²) in [5.41, 5.74) is 1.50. The minimum absolute atomic E-state index is 0.229. The number of para-hydroxylation sites is 1. The maximum atomic E-state index is 12.4. The molecule has 1 amide bonds. The predicted molar refractivity (Wildman–Crippen MR) is 91.0 cm³/mol. The number of benzene rings is 2. The van der Waals surface area contributed by atoms with Crippen LogP contribution in [0.5, 0.6) is 5.75 Å². The van der Waals surface area contributed by atoms with Crippen molar-refractivity contribution in [1.82, 2.24) is 0 Å². The topological polar surface area (TPSA) is 38.3 Å². The molecule has 1 unspecified atom stereocenters. The number of rotatable bonds is 5. The number of nitrogens with one attached hydrogen (secondary N) is 1. The maximum absolute atomic E-state index is 12.4. The predicted octanol–water partition coefficient (Wildman–Crippen LogP) is 5.10. The van der Waals surface area contributed by atoms with Crippen LogP contribution >= 0.6 is 23.2 Å². The van der Waals surface area contributed by atoms with Crippen molar-refractivity contribution in [1.29, 1.82) is 0 Å². The Morgan fingerprint density at radius 3 is 2.50 bits per heavy atom. The van der Waals surface area contributed by atoms with E-state index in [4.69, 9.17) is 27.9 Å². The number of amides is 1. The highest BCUT2D eigenvalue weighted by molar-refractivity contribution is 6.32. The van der Waals surface area contributed by atoms with Gasteiger partial charge in [0.25, 0.3) is 5.91 Å². The number of halogens is 2. The van der Waals surface area contributed by atoms with Crippen LogP contribution in [-0.4, -0.2) is 12.0 Å². The molecule has 0 fully saturated rings. The third-order valence-electron chi connectivity index (χ3n) is 3.29. The van der Waals surface area contributed by atoms with Gasteiger partial charge < -0.3 is 10.1 Å². The van der Waals surface area contributed by atoms with Gasteiger partial charge in [-0.2, -0.15) is 0 Å². The van der Waals surface area contributed by atoms with Crippen LogP contribution in [0.4, 0.5) is 5.69 Å². The Bertz CT molecular complexity index is 673. The summed E-state index contributed by atoms with van der Waals surface area (Å²) in [6.45, 7) is 3.74. The molecule has 0 aliphatic heterocycles. The van der Waals surface area contributed by atoms with Crippen LogP contribution in [0.2, 0.25) is 10.0 Å². The highest BCUT2D eigenvalue weighted by Gasteiger charge is 2.20. The summed E-state index contributed by atoms with van der Waals surface area (Å²) < 4.78 is 5.72. The zero-order valence-corrected chi connectivity index (χ0v) is 13.9. The number of carbonyl (C=O) groups is 1. The van der Waals surface area contributed by atoms with Crippen molar-refractivity contribution in [3.8, 4) is 5.75 Å². The average molecular weight is 338 g/mol. The second kappa shape index (κ2) is 7.52. The minimum Gasteiger partial charge on any atom is -0.479 e. The number of hydrogen-bond acceptors (Lipinski definition) is 2. The Labute approximate surface area is 140 Å². The van der Waals surface area contributed by atoms with Gasteiger partial charge in [0.2, 0.25) is 0 Å². The molecular weight excluding hydrogens is 321 g/mol. The monoisotopic (exact) mass is 337 g/mol. The molecule has 1 N–H and O–H groups in total. The third kappa shape index (κ3) is 3.93. The highest BCUT2D eigenvalue weighted by atomic mass is 35.5. The molecule has 2 rings (SSSR count). The zero-order valence-electron chi connectivity index (χ0n) is 12.4. The van der Waals surface area contributed by atoms with Crippen molar-refractivity contribution in [2.24, 2.45) is 0 Å². The molecule has 0 spiro atoms. The van der Waals surface area contributed by atoms with Gasteiger partial charge in [-0.25, -0.2) is 0 Å². The molecule has 5 heteroatoms. The van der Waals surface area contributed by atoms with Gasteiger partial charge in [0.05, 0.1) is 5.02 Å². The first-order chi connectivity index (χ1) is 10.5. The zero-order chi connectivity index (χ0) is 16.1. The lowest BCUT2D eigenvalue weighted by molar-refractivity contribution is -0.122. The van der Waals surface area contributed by atoms with Gasteiger partial charge >= 0.3 is 0 Å². The summed E-state index contributed by atoms with van der Waals surface area (Å²) >= 11 is 12.1. The Morgan fingerprint density at radius 1 is 1.14 bits per heavy atom. The molecule has 0 aliphatic rings. The molecule has 3 nitrogen and oxygen atoms in total. The van der Waals surface area contributed by atoms with E-state index in [9.17, 15) is 4.79 Å². The van der Waals surface area contributed by atoms with Crippen LogP contribution in [-0.2, 0) is 4.79 Å². The lowest BCUT2D eigenvalue weighted by Crippen LogP contribution is -2.32. The molecule has 0 heterocycles. The van der Waals surface area contributed by atoms with Crippen LogP contribution in [0.3, 0.4) is 0 Å². The summed E-state index contributed by atoms with van der Waals surface area (Å²) in [6, 6.07) is 12.5. The van der Waals surface area contributed by atoms with E-state index in [0.717, 1.165) is 5.56 Å². The van der Waals surface area contributed by atoms with Gasteiger partial charge in [-0.15, -0.1) is 0 Å². The molecule has 0 aliphatic carbocycles. The van der Waals surface area contributed by atoms with E-state index in [2.05, 4.69) is 5.32 Å². The van der Waals surface area contributed by atoms with Crippen LogP contribution in [0.1, 0.15) is 18.9 Å². The Balaban J connectivity index is 2.12. The summed E-state index contributed by atoms with van der Waals surface area (Å²) in [7, 11) is 0. The van der Waals surface area contributed by atoms with E-state index in [0.29, 0.717) is 27.9 Å². The minimum atomic E-state index is -0.627. The van der Waals surface area contributed by atoms with E-state index in [1.807, 2.05) is 26.0 Å². The lowest BCUT2D eigenvalue weighted by Gasteiger charge is -2.19. The van der Waals surface area contributed by atoms with Crippen molar-refractivity contribution in [2.75, 3.05) is 5.32 Å². The number of carbonyl (C=O) groups excluding carboxylic acids is 1. The number of ether oxygens (including phenoxy) is 1. The Kier molecular flexibility index (Phi) is 5.69. The summed E-state index contributed by atoms with van der Waals surface area (Å²) in [5, 5.41) is 3.94. The van der Waals surface area contributed by atoms with Gasteiger partial charge in [0.15, 0.2) is 6.10 Å². The molecular formula is C17H17Cl2NO2. The fraction of sp³-hybridized carbons (Fsp3) is 0.235. The average Bonchev–Trinajstić information content (AvgIpc) is 2.51. The van der Waals surface area contributed by atoms with Gasteiger partial charge in [-0.05, 0) is 43.2 Å². The molecule has 22 heavy (non-hydrogen) atoms. The Morgan fingerprint density at radius 2 is 1.82 bits per heavy atom. The van der Waals surface area contributed by atoms with Crippen LogP contribution in [0, 0.1) is 6.92 Å². The first kappa shape index (κ1) is 16.7. The van der Waals surface area contributed by atoms with Crippen molar-refractivity contribution >= 4 is 34.8 Å². The summed E-state index contributed by atoms with van der Waals surface area (Å²) in [6.07, 6.45) is -0.102. The first-order valence-electron chi connectivity index (χ1n) is 7.00. The highest BCUT2D eigenvalue weighted by Crippen LogP contribution is 2.26. The fourth-order valence-electron chi connectivity index (χ4n) is 1.97. The van der Waals surface area contributed by atoms with E-state index < -0.39 is 6.10 Å². The number of anilines is 1. The lowest BCUT2D eigenvalue weighted by atomic mass is 10.2. The van der Waals surface area contributed by atoms with Gasteiger partial charge in [-0.3, -0.25) is 4.79 Å². The Hall–Kier alpha value is -1.71. The maximum Gasteiger partial charge on any atom is 0.265 e. The largest absolute Gasteiger partial charge is 0.479 e. The number of hydrogen-bond donors (Lipinski definition) is 1. The molecule has 0 radical (unpaired) electrons. The fourth-order valence-corrected chi connectivity index (χ4v) is 2.33. The SMILES string of the molecule is CCC(Oc1ccccc1Cl)C(=O)Nc1cccc(Cl)c1C. The van der Waals surface area contributed by atoms with Crippen molar-refractivity contribution in [2.45, 2.75) is 26.4 Å². The van der Waals surface area contributed by atoms with E-state index in [1.165, 1.54) is 0 Å². The molecule has 0 saturated carbocycles. The molecule has 0 bridgehead atoms.